The maximum atomic E-state index is 13.5. The number of sulfone groups is 1. The average molecular weight is 314 g/mol. The number of primary amides is 1. The molecule has 0 spiro atoms. The Bertz CT molecular complexity index is 658. The van der Waals surface area contributed by atoms with Gasteiger partial charge in [-0.25, -0.2) is 12.8 Å². The van der Waals surface area contributed by atoms with Gasteiger partial charge in [-0.2, -0.15) is 0 Å². The molecule has 1 amide bonds. The quantitative estimate of drug-likeness (QED) is 0.816. The number of halogens is 1. The van der Waals surface area contributed by atoms with Gasteiger partial charge in [-0.3, -0.25) is 10.1 Å². The highest BCUT2D eigenvalue weighted by atomic mass is 32.2. The maximum absolute atomic E-state index is 13.5. The molecule has 0 saturated heterocycles. The summed E-state index contributed by atoms with van der Waals surface area (Å²) in [6, 6.07) is 2.63. The molecule has 2 unspecified atom stereocenters. The highest BCUT2D eigenvalue weighted by Gasteiger charge is 2.33. The summed E-state index contributed by atoms with van der Waals surface area (Å²) < 4.78 is 37.5. The van der Waals surface area contributed by atoms with Crippen LogP contribution in [-0.2, 0) is 14.6 Å². The highest BCUT2D eigenvalue weighted by Crippen LogP contribution is 2.33. The van der Waals surface area contributed by atoms with E-state index >= 15 is 0 Å². The number of hydrogen-bond donors (Lipinski definition) is 2. The van der Waals surface area contributed by atoms with E-state index in [4.69, 9.17) is 5.73 Å². The zero-order chi connectivity index (χ0) is 15.8. The predicted octanol–water partition coefficient (Wildman–Crippen LogP) is 1.14. The van der Waals surface area contributed by atoms with Gasteiger partial charge in [-0.05, 0) is 36.1 Å². The van der Waals surface area contributed by atoms with Crippen LogP contribution in [0.4, 0.5) is 4.39 Å². The van der Waals surface area contributed by atoms with Gasteiger partial charge in [-0.1, -0.05) is 13.8 Å². The van der Waals surface area contributed by atoms with Crippen molar-refractivity contribution in [2.75, 3.05) is 5.75 Å². The van der Waals surface area contributed by atoms with Gasteiger partial charge in [0.2, 0.25) is 5.91 Å². The van der Waals surface area contributed by atoms with Gasteiger partial charge in [0, 0.05) is 6.04 Å². The van der Waals surface area contributed by atoms with Gasteiger partial charge in [0.1, 0.15) is 5.82 Å². The number of rotatable bonds is 4. The Labute approximate surface area is 123 Å². The first kappa shape index (κ1) is 15.9. The standard InChI is InChI=1S/C14H19FN2O3S/c1-8(2)13(14(16)18)17-11-5-6-21(19,20)12-4-3-9(15)7-10(11)12/h3-4,7-8,11,13,17H,5-6H2,1-2H3,(H2,16,18). The lowest BCUT2D eigenvalue weighted by molar-refractivity contribution is -0.121. The van der Waals surface area contributed by atoms with Crippen LogP contribution in [0.15, 0.2) is 23.1 Å². The lowest BCUT2D eigenvalue weighted by Crippen LogP contribution is -2.47. The Morgan fingerprint density at radius 3 is 2.67 bits per heavy atom. The Kier molecular flexibility index (Phi) is 4.34. The normalized spacial score (nSPS) is 21.8. The first-order valence-electron chi connectivity index (χ1n) is 6.80. The van der Waals surface area contributed by atoms with E-state index in [9.17, 15) is 17.6 Å². The third kappa shape index (κ3) is 3.24. The number of hydrogen-bond acceptors (Lipinski definition) is 4. The topological polar surface area (TPSA) is 89.3 Å². The molecule has 0 fully saturated rings. The van der Waals surface area contributed by atoms with Crippen molar-refractivity contribution in [1.82, 2.24) is 5.32 Å². The van der Waals surface area contributed by atoms with E-state index in [-0.39, 0.29) is 23.0 Å². The molecule has 116 valence electrons. The summed E-state index contributed by atoms with van der Waals surface area (Å²) in [5, 5.41) is 3.07. The van der Waals surface area contributed by atoms with Gasteiger partial charge >= 0.3 is 0 Å². The summed E-state index contributed by atoms with van der Waals surface area (Å²) in [5.74, 6) is -1.08. The molecule has 0 radical (unpaired) electrons. The molecule has 1 aliphatic heterocycles. The molecule has 1 aromatic rings. The fourth-order valence-electron chi connectivity index (χ4n) is 2.61. The van der Waals surface area contributed by atoms with E-state index in [1.54, 1.807) is 0 Å². The van der Waals surface area contributed by atoms with E-state index in [2.05, 4.69) is 5.32 Å². The molecule has 1 heterocycles. The van der Waals surface area contributed by atoms with Crippen molar-refractivity contribution < 1.29 is 17.6 Å². The van der Waals surface area contributed by atoms with Gasteiger partial charge in [0.25, 0.3) is 0 Å². The molecule has 2 rings (SSSR count). The Morgan fingerprint density at radius 2 is 2.10 bits per heavy atom. The Morgan fingerprint density at radius 1 is 1.43 bits per heavy atom. The largest absolute Gasteiger partial charge is 0.368 e. The van der Waals surface area contributed by atoms with Crippen molar-refractivity contribution in [2.24, 2.45) is 11.7 Å². The molecule has 0 aliphatic carbocycles. The monoisotopic (exact) mass is 314 g/mol. The summed E-state index contributed by atoms with van der Waals surface area (Å²) in [6.45, 7) is 3.68. The fourth-order valence-corrected chi connectivity index (χ4v) is 4.21. The van der Waals surface area contributed by atoms with Crippen LogP contribution in [0, 0.1) is 11.7 Å². The number of nitrogens with two attached hydrogens (primary N) is 1. The zero-order valence-electron chi connectivity index (χ0n) is 12.0. The average Bonchev–Trinajstić information content (AvgIpc) is 2.36. The van der Waals surface area contributed by atoms with Crippen LogP contribution in [0.25, 0.3) is 0 Å². The third-order valence-electron chi connectivity index (χ3n) is 3.71. The fraction of sp³-hybridized carbons (Fsp3) is 0.500. The predicted molar refractivity (Wildman–Crippen MR) is 76.8 cm³/mol. The van der Waals surface area contributed by atoms with Crippen LogP contribution in [0.1, 0.15) is 31.9 Å². The minimum Gasteiger partial charge on any atom is -0.368 e. The number of benzene rings is 1. The number of fused-ring (bicyclic) bond motifs is 1. The van der Waals surface area contributed by atoms with Crippen LogP contribution >= 0.6 is 0 Å². The second kappa shape index (κ2) is 5.73. The lowest BCUT2D eigenvalue weighted by Gasteiger charge is -2.30. The van der Waals surface area contributed by atoms with Crippen molar-refractivity contribution in [2.45, 2.75) is 37.2 Å². The van der Waals surface area contributed by atoms with Crippen LogP contribution < -0.4 is 11.1 Å². The van der Waals surface area contributed by atoms with Gasteiger partial charge in [-0.15, -0.1) is 0 Å². The number of amides is 1. The second-order valence-corrected chi connectivity index (χ2v) is 7.71. The molecular weight excluding hydrogens is 295 g/mol. The smallest absolute Gasteiger partial charge is 0.234 e. The van der Waals surface area contributed by atoms with Crippen molar-refractivity contribution >= 4 is 15.7 Å². The van der Waals surface area contributed by atoms with Crippen LogP contribution in [-0.4, -0.2) is 26.1 Å². The summed E-state index contributed by atoms with van der Waals surface area (Å²) in [6.07, 6.45) is 0.287. The number of nitrogens with one attached hydrogen (secondary N) is 1. The summed E-state index contributed by atoms with van der Waals surface area (Å²) >= 11 is 0. The van der Waals surface area contributed by atoms with Gasteiger partial charge in [0.15, 0.2) is 9.84 Å². The van der Waals surface area contributed by atoms with Crippen LogP contribution in [0.3, 0.4) is 0 Å². The van der Waals surface area contributed by atoms with E-state index in [0.29, 0.717) is 5.56 Å². The SMILES string of the molecule is CC(C)C(NC1CCS(=O)(=O)c2ccc(F)cc21)C(N)=O. The molecule has 0 saturated carbocycles. The van der Waals surface area contributed by atoms with E-state index in [1.807, 2.05) is 13.8 Å². The zero-order valence-corrected chi connectivity index (χ0v) is 12.8. The van der Waals surface area contributed by atoms with E-state index in [1.165, 1.54) is 12.1 Å². The summed E-state index contributed by atoms with van der Waals surface area (Å²) in [7, 11) is -3.39. The molecular formula is C14H19FN2O3S. The first-order chi connectivity index (χ1) is 9.72. The van der Waals surface area contributed by atoms with E-state index in [0.717, 1.165) is 6.07 Å². The lowest BCUT2D eigenvalue weighted by atomic mass is 9.98. The van der Waals surface area contributed by atoms with Crippen molar-refractivity contribution in [3.63, 3.8) is 0 Å². The van der Waals surface area contributed by atoms with Gasteiger partial charge in [0.05, 0.1) is 16.7 Å². The number of carbonyl (C=O) groups is 1. The minimum absolute atomic E-state index is 0.0348. The molecule has 2 atom stereocenters. The van der Waals surface area contributed by atoms with Crippen molar-refractivity contribution in [3.8, 4) is 0 Å². The first-order valence-corrected chi connectivity index (χ1v) is 8.45. The van der Waals surface area contributed by atoms with Crippen LogP contribution in [0.2, 0.25) is 0 Å². The summed E-state index contributed by atoms with van der Waals surface area (Å²) in [4.78, 5) is 11.6. The highest BCUT2D eigenvalue weighted by molar-refractivity contribution is 7.91. The molecule has 5 nitrogen and oxygen atoms in total. The molecule has 7 heteroatoms. The second-order valence-electron chi connectivity index (χ2n) is 5.63. The number of carbonyl (C=O) groups excluding carboxylic acids is 1. The molecule has 3 N–H and O–H groups in total. The Hall–Kier alpha value is -1.47. The minimum atomic E-state index is -3.39. The molecule has 1 aliphatic rings. The molecule has 0 aromatic heterocycles. The van der Waals surface area contributed by atoms with Crippen molar-refractivity contribution in [3.05, 3.63) is 29.6 Å². The molecule has 0 bridgehead atoms. The third-order valence-corrected chi connectivity index (χ3v) is 5.53. The van der Waals surface area contributed by atoms with Crippen LogP contribution in [0.5, 0.6) is 0 Å². The maximum Gasteiger partial charge on any atom is 0.234 e. The van der Waals surface area contributed by atoms with Crippen molar-refractivity contribution in [1.29, 1.82) is 0 Å². The van der Waals surface area contributed by atoms with Gasteiger partial charge < -0.3 is 5.73 Å². The molecule has 21 heavy (non-hydrogen) atoms. The Balaban J connectivity index is 2.40. The molecule has 1 aromatic carbocycles. The van der Waals surface area contributed by atoms with E-state index < -0.39 is 33.6 Å². The summed E-state index contributed by atoms with van der Waals surface area (Å²) in [5.41, 5.74) is 5.73.